The monoisotopic (exact) mass is 264 g/mol. The SMILES string of the molecule is COCc1ccc(C(O)CCCC2CCCO2)cc1. The lowest BCUT2D eigenvalue weighted by Crippen LogP contribution is -2.06. The Labute approximate surface area is 115 Å². The van der Waals surface area contributed by atoms with Crippen molar-refractivity contribution < 1.29 is 14.6 Å². The van der Waals surface area contributed by atoms with E-state index in [9.17, 15) is 5.11 Å². The first-order valence-electron chi connectivity index (χ1n) is 7.17. The van der Waals surface area contributed by atoms with Crippen LogP contribution in [0.1, 0.15) is 49.3 Å². The van der Waals surface area contributed by atoms with Crippen molar-refractivity contribution in [2.24, 2.45) is 0 Å². The van der Waals surface area contributed by atoms with Gasteiger partial charge in [-0.15, -0.1) is 0 Å². The molecule has 106 valence electrons. The van der Waals surface area contributed by atoms with Gasteiger partial charge in [0.05, 0.1) is 18.8 Å². The van der Waals surface area contributed by atoms with E-state index in [4.69, 9.17) is 9.47 Å². The molecule has 1 saturated heterocycles. The van der Waals surface area contributed by atoms with Crippen molar-refractivity contribution >= 4 is 0 Å². The van der Waals surface area contributed by atoms with Gasteiger partial charge in [-0.25, -0.2) is 0 Å². The minimum Gasteiger partial charge on any atom is -0.388 e. The van der Waals surface area contributed by atoms with Gasteiger partial charge in [0.2, 0.25) is 0 Å². The summed E-state index contributed by atoms with van der Waals surface area (Å²) in [5.41, 5.74) is 2.13. The molecular weight excluding hydrogens is 240 g/mol. The number of aliphatic hydroxyl groups is 1. The van der Waals surface area contributed by atoms with Crippen LogP contribution in [0.3, 0.4) is 0 Å². The molecule has 1 aliphatic rings. The summed E-state index contributed by atoms with van der Waals surface area (Å²) >= 11 is 0. The van der Waals surface area contributed by atoms with Gasteiger partial charge in [-0.05, 0) is 43.2 Å². The molecule has 1 fully saturated rings. The fraction of sp³-hybridized carbons (Fsp3) is 0.625. The smallest absolute Gasteiger partial charge is 0.0790 e. The molecule has 19 heavy (non-hydrogen) atoms. The number of rotatable bonds is 7. The van der Waals surface area contributed by atoms with Gasteiger partial charge in [-0.3, -0.25) is 0 Å². The molecule has 3 nitrogen and oxygen atoms in total. The summed E-state index contributed by atoms with van der Waals surface area (Å²) in [7, 11) is 1.69. The molecule has 2 unspecified atom stereocenters. The fourth-order valence-corrected chi connectivity index (χ4v) is 2.58. The summed E-state index contributed by atoms with van der Waals surface area (Å²) in [4.78, 5) is 0. The summed E-state index contributed by atoms with van der Waals surface area (Å²) in [6.45, 7) is 1.53. The molecule has 2 atom stereocenters. The normalized spacial score (nSPS) is 20.6. The lowest BCUT2D eigenvalue weighted by atomic mass is 10.0. The molecule has 1 N–H and O–H groups in total. The standard InChI is InChI=1S/C16H24O3/c1-18-12-13-7-9-14(10-8-13)16(17)6-2-4-15-5-3-11-19-15/h7-10,15-17H,2-6,11-12H2,1H3. The fourth-order valence-electron chi connectivity index (χ4n) is 2.58. The summed E-state index contributed by atoms with van der Waals surface area (Å²) in [6, 6.07) is 8.01. The van der Waals surface area contributed by atoms with Gasteiger partial charge >= 0.3 is 0 Å². The highest BCUT2D eigenvalue weighted by molar-refractivity contribution is 5.23. The Hall–Kier alpha value is -0.900. The van der Waals surface area contributed by atoms with Crippen LogP contribution in [0.2, 0.25) is 0 Å². The number of hydrogen-bond donors (Lipinski definition) is 1. The zero-order valence-electron chi connectivity index (χ0n) is 11.7. The molecule has 0 amide bonds. The van der Waals surface area contributed by atoms with Crippen molar-refractivity contribution in [3.05, 3.63) is 35.4 Å². The lowest BCUT2D eigenvalue weighted by molar-refractivity contribution is 0.0944. The van der Waals surface area contributed by atoms with Gasteiger partial charge in [0.15, 0.2) is 0 Å². The summed E-state index contributed by atoms with van der Waals surface area (Å²) in [5, 5.41) is 10.1. The molecule has 0 saturated carbocycles. The van der Waals surface area contributed by atoms with Gasteiger partial charge in [-0.2, -0.15) is 0 Å². The molecule has 3 heteroatoms. The molecule has 1 heterocycles. The molecule has 0 bridgehead atoms. The predicted octanol–water partition coefficient (Wildman–Crippen LogP) is 3.22. The maximum Gasteiger partial charge on any atom is 0.0790 e. The van der Waals surface area contributed by atoms with Gasteiger partial charge in [0.25, 0.3) is 0 Å². The Morgan fingerprint density at radius 1 is 1.37 bits per heavy atom. The zero-order valence-corrected chi connectivity index (χ0v) is 11.7. The van der Waals surface area contributed by atoms with E-state index in [1.54, 1.807) is 7.11 Å². The molecule has 1 aromatic rings. The van der Waals surface area contributed by atoms with Crippen LogP contribution in [0.5, 0.6) is 0 Å². The van der Waals surface area contributed by atoms with E-state index in [1.807, 2.05) is 24.3 Å². The average molecular weight is 264 g/mol. The molecule has 0 aromatic heterocycles. The highest BCUT2D eigenvalue weighted by atomic mass is 16.5. The summed E-state index contributed by atoms with van der Waals surface area (Å²) in [6.07, 6.45) is 5.33. The Morgan fingerprint density at radius 2 is 2.16 bits per heavy atom. The van der Waals surface area contributed by atoms with E-state index in [0.717, 1.165) is 37.0 Å². The van der Waals surface area contributed by atoms with E-state index in [1.165, 1.54) is 12.8 Å². The van der Waals surface area contributed by atoms with Gasteiger partial charge < -0.3 is 14.6 Å². The Balaban J connectivity index is 1.73. The highest BCUT2D eigenvalue weighted by Crippen LogP contribution is 2.23. The van der Waals surface area contributed by atoms with E-state index < -0.39 is 0 Å². The van der Waals surface area contributed by atoms with Crippen LogP contribution in [0.25, 0.3) is 0 Å². The second kappa shape index (κ2) is 7.63. The van der Waals surface area contributed by atoms with Crippen molar-refractivity contribution in [2.45, 2.75) is 50.9 Å². The zero-order chi connectivity index (χ0) is 13.5. The van der Waals surface area contributed by atoms with Crippen LogP contribution in [0, 0.1) is 0 Å². The van der Waals surface area contributed by atoms with Crippen LogP contribution in [0.4, 0.5) is 0 Å². The Bertz CT molecular complexity index is 355. The van der Waals surface area contributed by atoms with Crippen LogP contribution in [-0.2, 0) is 16.1 Å². The van der Waals surface area contributed by atoms with Crippen molar-refractivity contribution in [2.75, 3.05) is 13.7 Å². The largest absolute Gasteiger partial charge is 0.388 e. The summed E-state index contributed by atoms with van der Waals surface area (Å²) in [5.74, 6) is 0. The third kappa shape index (κ3) is 4.60. The Kier molecular flexibility index (Phi) is 5.83. The van der Waals surface area contributed by atoms with E-state index in [0.29, 0.717) is 12.7 Å². The van der Waals surface area contributed by atoms with Gasteiger partial charge in [-0.1, -0.05) is 24.3 Å². The van der Waals surface area contributed by atoms with Gasteiger partial charge in [0, 0.05) is 13.7 Å². The third-order valence-corrected chi connectivity index (χ3v) is 3.70. The molecule has 0 spiro atoms. The van der Waals surface area contributed by atoms with Crippen LogP contribution in [-0.4, -0.2) is 24.9 Å². The average Bonchev–Trinajstić information content (AvgIpc) is 2.93. The maximum atomic E-state index is 10.1. The minimum atomic E-state index is -0.363. The number of ether oxygens (including phenoxy) is 2. The topological polar surface area (TPSA) is 38.7 Å². The first kappa shape index (κ1) is 14.5. The van der Waals surface area contributed by atoms with Gasteiger partial charge in [0.1, 0.15) is 0 Å². The summed E-state index contributed by atoms with van der Waals surface area (Å²) < 4.78 is 10.7. The molecule has 1 aliphatic heterocycles. The lowest BCUT2D eigenvalue weighted by Gasteiger charge is -2.13. The number of hydrogen-bond acceptors (Lipinski definition) is 3. The first-order valence-corrected chi connectivity index (χ1v) is 7.17. The minimum absolute atomic E-state index is 0.363. The van der Waals surface area contributed by atoms with E-state index >= 15 is 0 Å². The predicted molar refractivity (Wildman–Crippen MR) is 74.9 cm³/mol. The maximum absolute atomic E-state index is 10.1. The Morgan fingerprint density at radius 3 is 2.79 bits per heavy atom. The molecule has 0 aliphatic carbocycles. The highest BCUT2D eigenvalue weighted by Gasteiger charge is 2.16. The van der Waals surface area contributed by atoms with E-state index in [2.05, 4.69) is 0 Å². The number of benzene rings is 1. The third-order valence-electron chi connectivity index (χ3n) is 3.70. The van der Waals surface area contributed by atoms with Crippen molar-refractivity contribution in [1.82, 2.24) is 0 Å². The van der Waals surface area contributed by atoms with Crippen molar-refractivity contribution in [3.63, 3.8) is 0 Å². The number of aliphatic hydroxyl groups excluding tert-OH is 1. The molecular formula is C16H24O3. The van der Waals surface area contributed by atoms with Crippen LogP contribution in [0.15, 0.2) is 24.3 Å². The first-order chi connectivity index (χ1) is 9.29. The molecule has 0 radical (unpaired) electrons. The molecule has 1 aromatic carbocycles. The second-order valence-corrected chi connectivity index (χ2v) is 5.26. The van der Waals surface area contributed by atoms with Crippen LogP contribution >= 0.6 is 0 Å². The van der Waals surface area contributed by atoms with Crippen molar-refractivity contribution in [1.29, 1.82) is 0 Å². The molecule has 2 rings (SSSR count). The van der Waals surface area contributed by atoms with Crippen LogP contribution < -0.4 is 0 Å². The number of methoxy groups -OCH3 is 1. The van der Waals surface area contributed by atoms with Crippen molar-refractivity contribution in [3.8, 4) is 0 Å². The second-order valence-electron chi connectivity index (χ2n) is 5.26. The van der Waals surface area contributed by atoms with E-state index in [-0.39, 0.29) is 6.10 Å². The quantitative estimate of drug-likeness (QED) is 0.822.